The molecule has 2 fully saturated rings. The molecule has 1 amide bonds. The number of hydrogen-bond donors (Lipinski definition) is 1. The van der Waals surface area contributed by atoms with Crippen LogP contribution in [0, 0.1) is 0 Å². The maximum Gasteiger partial charge on any atom is 0.255 e. The van der Waals surface area contributed by atoms with Gasteiger partial charge in [0.25, 0.3) is 5.91 Å². The molecule has 3 aromatic rings. The molecular formula is C22H24N4O3. The van der Waals surface area contributed by atoms with E-state index in [1.54, 1.807) is 22.8 Å². The van der Waals surface area contributed by atoms with Crippen molar-refractivity contribution in [1.29, 1.82) is 0 Å². The molecule has 1 aromatic carbocycles. The lowest BCUT2D eigenvalue weighted by Crippen LogP contribution is -2.52. The molecule has 7 nitrogen and oxygen atoms in total. The fraction of sp³-hybridized carbons (Fsp3) is 0.409. The number of pyridine rings is 1. The number of aromatic nitrogens is 3. The van der Waals surface area contributed by atoms with Gasteiger partial charge in [-0.1, -0.05) is 30.3 Å². The molecule has 2 aliphatic heterocycles. The second kappa shape index (κ2) is 7.24. The van der Waals surface area contributed by atoms with Crippen molar-refractivity contribution in [2.75, 3.05) is 13.1 Å². The number of carbonyl (C=O) groups excluding carboxylic acids is 1. The van der Waals surface area contributed by atoms with Crippen molar-refractivity contribution >= 4 is 11.6 Å². The van der Waals surface area contributed by atoms with Gasteiger partial charge in [0.15, 0.2) is 5.65 Å². The standard InChI is InChI=1S/C22H24N4O3/c27-18-12-19(16-4-2-1-3-5-16)29-22(13-18)8-10-25(11-9-22)21(28)17-6-7-20-23-15-24-26(20)14-17/h1-7,14-15,18-19,27H,8-13H2/t18-,19+/m0/s1. The minimum absolute atomic E-state index is 0.00628. The first kappa shape index (κ1) is 18.3. The molecule has 0 radical (unpaired) electrons. The summed E-state index contributed by atoms with van der Waals surface area (Å²) in [7, 11) is 0. The van der Waals surface area contributed by atoms with Crippen LogP contribution < -0.4 is 0 Å². The Labute approximate surface area is 168 Å². The number of benzene rings is 1. The highest BCUT2D eigenvalue weighted by atomic mass is 16.5. The van der Waals surface area contributed by atoms with Gasteiger partial charge in [-0.05, 0) is 30.5 Å². The number of rotatable bonds is 2. The quantitative estimate of drug-likeness (QED) is 0.725. The molecular weight excluding hydrogens is 368 g/mol. The largest absolute Gasteiger partial charge is 0.393 e. The van der Waals surface area contributed by atoms with Gasteiger partial charge >= 0.3 is 0 Å². The highest BCUT2D eigenvalue weighted by Gasteiger charge is 2.44. The minimum atomic E-state index is -0.383. The van der Waals surface area contributed by atoms with Gasteiger partial charge in [-0.25, -0.2) is 9.50 Å². The van der Waals surface area contributed by atoms with E-state index in [0.717, 1.165) is 24.1 Å². The van der Waals surface area contributed by atoms with Gasteiger partial charge in [-0.2, -0.15) is 5.10 Å². The highest BCUT2D eigenvalue weighted by Crippen LogP contribution is 2.43. The zero-order valence-electron chi connectivity index (χ0n) is 16.1. The summed E-state index contributed by atoms with van der Waals surface area (Å²) in [5.41, 5.74) is 2.05. The number of likely N-dealkylation sites (tertiary alicyclic amines) is 1. The highest BCUT2D eigenvalue weighted by molar-refractivity contribution is 5.94. The van der Waals surface area contributed by atoms with Crippen LogP contribution in [0.25, 0.3) is 5.65 Å². The number of fused-ring (bicyclic) bond motifs is 1. The zero-order valence-corrected chi connectivity index (χ0v) is 16.1. The summed E-state index contributed by atoms with van der Waals surface area (Å²) in [6.45, 7) is 1.23. The van der Waals surface area contributed by atoms with Crippen LogP contribution in [0.4, 0.5) is 0 Å². The summed E-state index contributed by atoms with van der Waals surface area (Å²) in [6, 6.07) is 13.7. The van der Waals surface area contributed by atoms with Crippen molar-refractivity contribution in [2.45, 2.75) is 43.5 Å². The predicted molar refractivity (Wildman–Crippen MR) is 106 cm³/mol. The third-order valence-corrected chi connectivity index (χ3v) is 6.14. The fourth-order valence-electron chi connectivity index (χ4n) is 4.59. The zero-order chi connectivity index (χ0) is 19.8. The Morgan fingerprint density at radius 1 is 1.14 bits per heavy atom. The van der Waals surface area contributed by atoms with Crippen LogP contribution in [-0.2, 0) is 4.74 Å². The first-order valence-corrected chi connectivity index (χ1v) is 10.1. The van der Waals surface area contributed by atoms with Crippen molar-refractivity contribution in [1.82, 2.24) is 19.5 Å². The van der Waals surface area contributed by atoms with Crippen molar-refractivity contribution in [3.8, 4) is 0 Å². The van der Waals surface area contributed by atoms with E-state index in [0.29, 0.717) is 31.5 Å². The SMILES string of the molecule is O=C(c1ccc2ncnn2c1)N1CCC2(CC1)C[C@@H](O)C[C@H](c1ccccc1)O2. The van der Waals surface area contributed by atoms with Crippen LogP contribution in [0.5, 0.6) is 0 Å². The monoisotopic (exact) mass is 392 g/mol. The van der Waals surface area contributed by atoms with Crippen molar-refractivity contribution in [3.05, 3.63) is 66.1 Å². The van der Waals surface area contributed by atoms with Gasteiger partial charge in [-0.3, -0.25) is 4.79 Å². The van der Waals surface area contributed by atoms with Crippen LogP contribution in [0.1, 0.15) is 47.7 Å². The molecule has 29 heavy (non-hydrogen) atoms. The molecule has 7 heteroatoms. The van der Waals surface area contributed by atoms with E-state index in [1.807, 2.05) is 23.1 Å². The summed E-state index contributed by atoms with van der Waals surface area (Å²) >= 11 is 0. The number of hydrogen-bond acceptors (Lipinski definition) is 5. The third-order valence-electron chi connectivity index (χ3n) is 6.14. The molecule has 1 spiro atoms. The van der Waals surface area contributed by atoms with Gasteiger partial charge in [0.05, 0.1) is 23.4 Å². The topological polar surface area (TPSA) is 80.0 Å². The Morgan fingerprint density at radius 2 is 1.93 bits per heavy atom. The van der Waals surface area contributed by atoms with Crippen LogP contribution in [0.2, 0.25) is 0 Å². The van der Waals surface area contributed by atoms with Gasteiger partial charge in [0, 0.05) is 32.1 Å². The Morgan fingerprint density at radius 3 is 2.72 bits per heavy atom. The second-order valence-corrected chi connectivity index (χ2v) is 8.07. The summed E-state index contributed by atoms with van der Waals surface area (Å²) in [4.78, 5) is 18.9. The summed E-state index contributed by atoms with van der Waals surface area (Å²) in [5.74, 6) is -0.00628. The predicted octanol–water partition coefficient (Wildman–Crippen LogP) is 2.62. The number of aliphatic hydroxyl groups excluding tert-OH is 1. The van der Waals surface area contributed by atoms with E-state index in [1.165, 1.54) is 6.33 Å². The van der Waals surface area contributed by atoms with Gasteiger partial charge in [-0.15, -0.1) is 0 Å². The lowest BCUT2D eigenvalue weighted by atomic mass is 9.81. The fourth-order valence-corrected chi connectivity index (χ4v) is 4.59. The smallest absolute Gasteiger partial charge is 0.255 e. The third kappa shape index (κ3) is 3.52. The normalized spacial score (nSPS) is 24.1. The number of amides is 1. The lowest BCUT2D eigenvalue weighted by molar-refractivity contribution is -0.181. The summed E-state index contributed by atoms with van der Waals surface area (Å²) in [6.07, 6.45) is 5.41. The molecule has 2 saturated heterocycles. The lowest BCUT2D eigenvalue weighted by Gasteiger charge is -2.48. The van der Waals surface area contributed by atoms with Gasteiger partial charge in [0.1, 0.15) is 6.33 Å². The molecule has 0 unspecified atom stereocenters. The molecule has 0 aliphatic carbocycles. The van der Waals surface area contributed by atoms with Crippen molar-refractivity contribution in [3.63, 3.8) is 0 Å². The number of carbonyl (C=O) groups is 1. The van der Waals surface area contributed by atoms with E-state index in [4.69, 9.17) is 4.74 Å². The number of nitrogens with zero attached hydrogens (tertiary/aromatic N) is 4. The van der Waals surface area contributed by atoms with E-state index in [-0.39, 0.29) is 23.7 Å². The Bertz CT molecular complexity index is 1010. The Balaban J connectivity index is 1.29. The first-order chi connectivity index (χ1) is 14.1. The average Bonchev–Trinajstić information content (AvgIpc) is 3.22. The molecule has 0 bridgehead atoms. The van der Waals surface area contributed by atoms with Crippen LogP contribution in [0.15, 0.2) is 55.0 Å². The molecule has 2 atom stereocenters. The molecule has 2 aromatic heterocycles. The first-order valence-electron chi connectivity index (χ1n) is 10.1. The number of ether oxygens (including phenoxy) is 1. The van der Waals surface area contributed by atoms with Crippen LogP contribution in [-0.4, -0.2) is 55.3 Å². The van der Waals surface area contributed by atoms with Crippen molar-refractivity contribution in [2.24, 2.45) is 0 Å². The number of aliphatic hydroxyl groups is 1. The van der Waals surface area contributed by atoms with Gasteiger partial charge in [0.2, 0.25) is 0 Å². The number of piperidine rings is 1. The van der Waals surface area contributed by atoms with Crippen LogP contribution >= 0.6 is 0 Å². The Hall–Kier alpha value is -2.77. The van der Waals surface area contributed by atoms with E-state index < -0.39 is 0 Å². The molecule has 150 valence electrons. The summed E-state index contributed by atoms with van der Waals surface area (Å²) < 4.78 is 8.15. The van der Waals surface area contributed by atoms with E-state index in [2.05, 4.69) is 22.2 Å². The minimum Gasteiger partial charge on any atom is -0.393 e. The van der Waals surface area contributed by atoms with Crippen molar-refractivity contribution < 1.29 is 14.6 Å². The molecule has 1 N–H and O–H groups in total. The molecule has 4 heterocycles. The molecule has 2 aliphatic rings. The second-order valence-electron chi connectivity index (χ2n) is 8.07. The molecule has 5 rings (SSSR count). The maximum atomic E-state index is 13.0. The Kier molecular flexibility index (Phi) is 4.56. The van der Waals surface area contributed by atoms with E-state index in [9.17, 15) is 9.90 Å². The van der Waals surface area contributed by atoms with Gasteiger partial charge < -0.3 is 14.7 Å². The van der Waals surface area contributed by atoms with E-state index >= 15 is 0 Å². The van der Waals surface area contributed by atoms with Crippen LogP contribution in [0.3, 0.4) is 0 Å². The summed E-state index contributed by atoms with van der Waals surface area (Å²) in [5, 5.41) is 14.6. The maximum absolute atomic E-state index is 13.0. The molecule has 0 saturated carbocycles. The average molecular weight is 392 g/mol.